The van der Waals surface area contributed by atoms with Gasteiger partial charge in [0.05, 0.1) is 22.3 Å². The standard InChI is InChI=1S/C29H27N5O2S/c35-26(32-17-15-22(16-18-32)19-21-9-3-1-4-10-21)20-37-29-31-30-28-33(23-11-5-2-6-12-23)27(36)24-13-7-8-14-25(24)34(28)29/h1-14,22H,15-20H2. The van der Waals surface area contributed by atoms with Crippen molar-refractivity contribution in [1.82, 2.24) is 24.1 Å². The van der Waals surface area contributed by atoms with Crippen molar-refractivity contribution in [2.75, 3.05) is 18.8 Å². The van der Waals surface area contributed by atoms with E-state index in [1.54, 1.807) is 4.57 Å². The van der Waals surface area contributed by atoms with Gasteiger partial charge in [0.1, 0.15) is 0 Å². The van der Waals surface area contributed by atoms with Gasteiger partial charge in [0.25, 0.3) is 5.56 Å². The van der Waals surface area contributed by atoms with Crippen LogP contribution in [0.1, 0.15) is 18.4 Å². The van der Waals surface area contributed by atoms with Crippen molar-refractivity contribution in [1.29, 1.82) is 0 Å². The molecule has 6 rings (SSSR count). The van der Waals surface area contributed by atoms with Crippen LogP contribution in [0, 0.1) is 5.92 Å². The van der Waals surface area contributed by atoms with Crippen molar-refractivity contribution >= 4 is 34.3 Å². The second-order valence-electron chi connectivity index (χ2n) is 9.41. The third kappa shape index (κ3) is 4.64. The lowest BCUT2D eigenvalue weighted by molar-refractivity contribution is -0.129. The zero-order valence-electron chi connectivity index (χ0n) is 20.4. The Morgan fingerprint density at radius 3 is 2.30 bits per heavy atom. The van der Waals surface area contributed by atoms with E-state index in [-0.39, 0.29) is 17.2 Å². The fraction of sp³-hybridized carbons (Fsp3) is 0.241. The van der Waals surface area contributed by atoms with E-state index in [0.29, 0.717) is 22.2 Å². The van der Waals surface area contributed by atoms with Gasteiger partial charge in [-0.25, -0.2) is 4.57 Å². The Morgan fingerprint density at radius 2 is 1.54 bits per heavy atom. The predicted molar refractivity (Wildman–Crippen MR) is 146 cm³/mol. The van der Waals surface area contributed by atoms with E-state index in [2.05, 4.69) is 34.5 Å². The highest BCUT2D eigenvalue weighted by atomic mass is 32.2. The number of rotatable bonds is 6. The number of benzene rings is 3. The average Bonchev–Trinajstić information content (AvgIpc) is 3.37. The molecule has 2 aromatic heterocycles. The number of likely N-dealkylation sites (tertiary alicyclic amines) is 1. The average molecular weight is 510 g/mol. The Kier molecular flexibility index (Phi) is 6.49. The van der Waals surface area contributed by atoms with Crippen molar-refractivity contribution in [2.24, 2.45) is 5.92 Å². The molecule has 186 valence electrons. The molecule has 37 heavy (non-hydrogen) atoms. The molecular weight excluding hydrogens is 482 g/mol. The van der Waals surface area contributed by atoms with Gasteiger partial charge in [-0.05, 0) is 55.0 Å². The van der Waals surface area contributed by atoms with Gasteiger partial charge in [0.15, 0.2) is 5.16 Å². The van der Waals surface area contributed by atoms with Crippen LogP contribution in [-0.2, 0) is 11.2 Å². The second kappa shape index (κ2) is 10.2. The number of carbonyl (C=O) groups is 1. The summed E-state index contributed by atoms with van der Waals surface area (Å²) in [6.45, 7) is 1.57. The highest BCUT2D eigenvalue weighted by Crippen LogP contribution is 2.25. The van der Waals surface area contributed by atoms with Crippen molar-refractivity contribution in [3.8, 4) is 5.69 Å². The number of hydrogen-bond acceptors (Lipinski definition) is 5. The number of thioether (sulfide) groups is 1. The van der Waals surface area contributed by atoms with Crippen molar-refractivity contribution in [2.45, 2.75) is 24.4 Å². The molecule has 0 N–H and O–H groups in total. The third-order valence-electron chi connectivity index (χ3n) is 7.07. The maximum absolute atomic E-state index is 13.4. The van der Waals surface area contributed by atoms with Gasteiger partial charge in [-0.3, -0.25) is 14.0 Å². The zero-order chi connectivity index (χ0) is 25.2. The van der Waals surface area contributed by atoms with Crippen LogP contribution in [0.3, 0.4) is 0 Å². The van der Waals surface area contributed by atoms with E-state index in [9.17, 15) is 9.59 Å². The third-order valence-corrected chi connectivity index (χ3v) is 7.98. The fourth-order valence-corrected chi connectivity index (χ4v) is 5.98. The summed E-state index contributed by atoms with van der Waals surface area (Å²) >= 11 is 1.37. The van der Waals surface area contributed by atoms with Crippen LogP contribution in [-0.4, -0.2) is 48.8 Å². The van der Waals surface area contributed by atoms with Gasteiger partial charge < -0.3 is 4.90 Å². The largest absolute Gasteiger partial charge is 0.342 e. The monoisotopic (exact) mass is 509 g/mol. The van der Waals surface area contributed by atoms with Crippen molar-refractivity contribution in [3.05, 3.63) is 101 Å². The molecule has 3 aromatic carbocycles. The van der Waals surface area contributed by atoms with Crippen LogP contribution in [0.5, 0.6) is 0 Å². The highest BCUT2D eigenvalue weighted by Gasteiger charge is 2.24. The van der Waals surface area contributed by atoms with Gasteiger partial charge in [-0.2, -0.15) is 0 Å². The summed E-state index contributed by atoms with van der Waals surface area (Å²) in [5.74, 6) is 1.44. The molecule has 1 saturated heterocycles. The van der Waals surface area contributed by atoms with E-state index in [0.717, 1.165) is 43.6 Å². The van der Waals surface area contributed by atoms with E-state index in [1.165, 1.54) is 17.3 Å². The molecule has 8 heteroatoms. The summed E-state index contributed by atoms with van der Waals surface area (Å²) in [4.78, 5) is 28.4. The molecule has 0 bridgehead atoms. The minimum absolute atomic E-state index is 0.112. The van der Waals surface area contributed by atoms with Gasteiger partial charge in [-0.15, -0.1) is 10.2 Å². The molecule has 5 aromatic rings. The molecule has 1 amide bonds. The smallest absolute Gasteiger partial charge is 0.267 e. The molecule has 0 atom stereocenters. The van der Waals surface area contributed by atoms with E-state index in [1.807, 2.05) is 70.0 Å². The number of para-hydroxylation sites is 2. The molecule has 0 unspecified atom stereocenters. The van der Waals surface area contributed by atoms with Crippen LogP contribution in [0.25, 0.3) is 22.4 Å². The van der Waals surface area contributed by atoms with Crippen LogP contribution < -0.4 is 5.56 Å². The number of hydrogen-bond donors (Lipinski definition) is 0. The minimum atomic E-state index is -0.146. The molecule has 3 heterocycles. The van der Waals surface area contributed by atoms with Gasteiger partial charge >= 0.3 is 0 Å². The molecule has 1 fully saturated rings. The Morgan fingerprint density at radius 1 is 0.865 bits per heavy atom. The van der Waals surface area contributed by atoms with Crippen molar-refractivity contribution < 1.29 is 4.79 Å². The van der Waals surface area contributed by atoms with E-state index >= 15 is 0 Å². The summed E-state index contributed by atoms with van der Waals surface area (Å²) in [7, 11) is 0. The van der Waals surface area contributed by atoms with E-state index in [4.69, 9.17) is 0 Å². The van der Waals surface area contributed by atoms with Crippen LogP contribution in [0.2, 0.25) is 0 Å². The number of piperidine rings is 1. The Labute approximate surface area is 218 Å². The Hall–Kier alpha value is -3.91. The number of fused-ring (bicyclic) bond motifs is 3. The van der Waals surface area contributed by atoms with E-state index < -0.39 is 0 Å². The minimum Gasteiger partial charge on any atom is -0.342 e. The first kappa shape index (κ1) is 23.5. The summed E-state index contributed by atoms with van der Waals surface area (Å²) in [6.07, 6.45) is 3.11. The van der Waals surface area contributed by atoms with Gasteiger partial charge in [-0.1, -0.05) is 72.4 Å². The van der Waals surface area contributed by atoms with Crippen molar-refractivity contribution in [3.63, 3.8) is 0 Å². The number of amides is 1. The van der Waals surface area contributed by atoms with Crippen LogP contribution >= 0.6 is 11.8 Å². The SMILES string of the molecule is O=C(CSc1nnc2n(-c3ccccc3)c(=O)c3ccccc3n12)N1CCC(Cc2ccccc2)CC1. The summed E-state index contributed by atoms with van der Waals surface area (Å²) in [5.41, 5.74) is 2.67. The fourth-order valence-electron chi connectivity index (χ4n) is 5.13. The van der Waals surface area contributed by atoms with Gasteiger partial charge in [0.2, 0.25) is 11.7 Å². The lowest BCUT2D eigenvalue weighted by Crippen LogP contribution is -2.39. The normalized spacial score (nSPS) is 14.4. The zero-order valence-corrected chi connectivity index (χ0v) is 21.2. The molecule has 1 aliphatic heterocycles. The first-order valence-corrected chi connectivity index (χ1v) is 13.6. The van der Waals surface area contributed by atoms with Crippen LogP contribution in [0.4, 0.5) is 0 Å². The lowest BCUT2D eigenvalue weighted by atomic mass is 9.90. The Bertz CT molecular complexity index is 1610. The molecule has 1 aliphatic rings. The Balaban J connectivity index is 1.21. The molecule has 0 aliphatic carbocycles. The first-order valence-electron chi connectivity index (χ1n) is 12.6. The molecular formula is C29H27N5O2S. The number of nitrogens with zero attached hydrogens (tertiary/aromatic N) is 5. The van der Waals surface area contributed by atoms with Crippen LogP contribution in [0.15, 0.2) is 94.9 Å². The quantitative estimate of drug-likeness (QED) is 0.313. The molecule has 0 saturated carbocycles. The lowest BCUT2D eigenvalue weighted by Gasteiger charge is -2.32. The first-order chi connectivity index (χ1) is 18.2. The maximum Gasteiger partial charge on any atom is 0.267 e. The number of carbonyl (C=O) groups excluding carboxylic acids is 1. The summed E-state index contributed by atoms with van der Waals surface area (Å²) in [5, 5.41) is 9.95. The maximum atomic E-state index is 13.4. The summed E-state index contributed by atoms with van der Waals surface area (Å²) in [6, 6.07) is 27.5. The highest BCUT2D eigenvalue weighted by molar-refractivity contribution is 7.99. The molecule has 0 spiro atoms. The predicted octanol–water partition coefficient (Wildman–Crippen LogP) is 4.61. The molecule has 7 nitrogen and oxygen atoms in total. The molecule has 0 radical (unpaired) electrons. The number of aromatic nitrogens is 4. The topological polar surface area (TPSA) is 72.5 Å². The second-order valence-corrected chi connectivity index (χ2v) is 10.4. The van der Waals surface area contributed by atoms with Gasteiger partial charge in [0, 0.05) is 13.1 Å². The summed E-state index contributed by atoms with van der Waals surface area (Å²) < 4.78 is 3.46.